The van der Waals surface area contributed by atoms with Crippen LogP contribution < -0.4 is 0 Å². The molecule has 1 heterocycles. The summed E-state index contributed by atoms with van der Waals surface area (Å²) in [7, 11) is 0. The fourth-order valence-electron chi connectivity index (χ4n) is 3.49. The van der Waals surface area contributed by atoms with Gasteiger partial charge < -0.3 is 4.57 Å². The topological polar surface area (TPSA) is 17.8 Å². The first-order chi connectivity index (χ1) is 13.4. The molecule has 1 aromatic heterocycles. The summed E-state index contributed by atoms with van der Waals surface area (Å²) in [6.45, 7) is 0.929. The van der Waals surface area contributed by atoms with Gasteiger partial charge in [-0.3, -0.25) is 0 Å². The number of imidazole rings is 1. The number of hydrogen-bond acceptors (Lipinski definition) is 2. The molecule has 3 aromatic carbocycles. The summed E-state index contributed by atoms with van der Waals surface area (Å²) in [4.78, 5) is 4.17. The number of thioether (sulfide) groups is 1. The Morgan fingerprint density at radius 1 is 0.704 bits per heavy atom. The fourth-order valence-corrected chi connectivity index (χ4v) is 5.01. The van der Waals surface area contributed by atoms with Gasteiger partial charge in [-0.15, -0.1) is 11.8 Å². The molecule has 0 N–H and O–H groups in total. The Morgan fingerprint density at radius 3 is 1.59 bits per heavy atom. The SMILES string of the molecule is c1ccc(C(SCCn2ccnc2)(c2ccccc2)c2ccccc2)cc1. The van der Waals surface area contributed by atoms with Crippen LogP contribution in [0.15, 0.2) is 110 Å². The summed E-state index contributed by atoms with van der Waals surface area (Å²) in [6.07, 6.45) is 5.75. The van der Waals surface area contributed by atoms with Crippen LogP contribution >= 0.6 is 11.8 Å². The van der Waals surface area contributed by atoms with E-state index in [0.717, 1.165) is 12.3 Å². The molecule has 0 radical (unpaired) electrons. The van der Waals surface area contributed by atoms with E-state index in [9.17, 15) is 0 Å². The van der Waals surface area contributed by atoms with E-state index in [1.165, 1.54) is 16.7 Å². The smallest absolute Gasteiger partial charge is 0.0946 e. The van der Waals surface area contributed by atoms with Crippen molar-refractivity contribution in [2.24, 2.45) is 0 Å². The number of rotatable bonds is 7. The lowest BCUT2D eigenvalue weighted by atomic mass is 9.84. The average molecular weight is 371 g/mol. The number of hydrogen-bond donors (Lipinski definition) is 0. The lowest BCUT2D eigenvalue weighted by Crippen LogP contribution is -2.26. The summed E-state index contributed by atoms with van der Waals surface area (Å²) in [5.41, 5.74) is 3.91. The third kappa shape index (κ3) is 3.69. The molecule has 0 bridgehead atoms. The zero-order valence-corrected chi connectivity index (χ0v) is 15.9. The molecule has 0 fully saturated rings. The van der Waals surface area contributed by atoms with Gasteiger partial charge in [-0.05, 0) is 16.7 Å². The van der Waals surface area contributed by atoms with Crippen molar-refractivity contribution in [3.63, 3.8) is 0 Å². The van der Waals surface area contributed by atoms with E-state index < -0.39 is 0 Å². The first kappa shape index (κ1) is 17.6. The molecular weight excluding hydrogens is 348 g/mol. The molecular formula is C24H22N2S. The Morgan fingerprint density at radius 2 is 1.19 bits per heavy atom. The molecule has 4 aromatic rings. The van der Waals surface area contributed by atoms with Gasteiger partial charge in [-0.1, -0.05) is 91.0 Å². The molecule has 2 nitrogen and oxygen atoms in total. The monoisotopic (exact) mass is 370 g/mol. The maximum absolute atomic E-state index is 4.17. The van der Waals surface area contributed by atoms with Crippen molar-refractivity contribution in [3.8, 4) is 0 Å². The third-order valence-electron chi connectivity index (χ3n) is 4.77. The first-order valence-corrected chi connectivity index (χ1v) is 10.1. The van der Waals surface area contributed by atoms with Crippen LogP contribution in [0.3, 0.4) is 0 Å². The van der Waals surface area contributed by atoms with Gasteiger partial charge in [0.05, 0.1) is 11.1 Å². The van der Waals surface area contributed by atoms with Crippen molar-refractivity contribution >= 4 is 11.8 Å². The van der Waals surface area contributed by atoms with E-state index in [-0.39, 0.29) is 4.75 Å². The second-order valence-corrected chi connectivity index (χ2v) is 7.74. The van der Waals surface area contributed by atoms with Crippen molar-refractivity contribution in [1.29, 1.82) is 0 Å². The minimum Gasteiger partial charge on any atom is -0.337 e. The van der Waals surface area contributed by atoms with Crippen molar-refractivity contribution in [3.05, 3.63) is 126 Å². The van der Waals surface area contributed by atoms with Gasteiger partial charge in [0.1, 0.15) is 0 Å². The normalized spacial score (nSPS) is 11.4. The Balaban J connectivity index is 1.81. The molecule has 0 saturated heterocycles. The van der Waals surface area contributed by atoms with Crippen LogP contribution in [0.2, 0.25) is 0 Å². The van der Waals surface area contributed by atoms with Gasteiger partial charge in [0.15, 0.2) is 0 Å². The molecule has 0 atom stereocenters. The first-order valence-electron chi connectivity index (χ1n) is 9.16. The number of aromatic nitrogens is 2. The lowest BCUT2D eigenvalue weighted by molar-refractivity contribution is 0.764. The number of benzene rings is 3. The highest BCUT2D eigenvalue weighted by Crippen LogP contribution is 2.48. The lowest BCUT2D eigenvalue weighted by Gasteiger charge is -2.35. The molecule has 27 heavy (non-hydrogen) atoms. The summed E-state index contributed by atoms with van der Waals surface area (Å²) in [6, 6.07) is 32.5. The quantitative estimate of drug-likeness (QED) is 0.394. The third-order valence-corrected chi connectivity index (χ3v) is 6.30. The number of nitrogens with zero attached hydrogens (tertiary/aromatic N) is 2. The predicted octanol–water partition coefficient (Wildman–Crippen LogP) is 5.61. The van der Waals surface area contributed by atoms with Crippen LogP contribution in [0.25, 0.3) is 0 Å². The zero-order chi connectivity index (χ0) is 18.4. The van der Waals surface area contributed by atoms with Crippen LogP contribution in [0.5, 0.6) is 0 Å². The Kier molecular flexibility index (Phi) is 5.40. The van der Waals surface area contributed by atoms with Crippen molar-refractivity contribution in [2.45, 2.75) is 11.3 Å². The van der Waals surface area contributed by atoms with Gasteiger partial charge in [0.25, 0.3) is 0 Å². The molecule has 134 valence electrons. The second-order valence-electron chi connectivity index (χ2n) is 6.43. The highest BCUT2D eigenvalue weighted by atomic mass is 32.2. The summed E-state index contributed by atoms with van der Waals surface area (Å²) in [5, 5.41) is 0. The van der Waals surface area contributed by atoms with Crippen molar-refractivity contribution in [2.75, 3.05) is 5.75 Å². The molecule has 0 aliphatic heterocycles. The van der Waals surface area contributed by atoms with Crippen molar-refractivity contribution in [1.82, 2.24) is 9.55 Å². The van der Waals surface area contributed by atoms with Crippen LogP contribution in [0.1, 0.15) is 16.7 Å². The summed E-state index contributed by atoms with van der Waals surface area (Å²) in [5.74, 6) is 0.981. The molecule has 4 rings (SSSR count). The molecule has 0 amide bonds. The van der Waals surface area contributed by atoms with E-state index in [1.54, 1.807) is 0 Å². The van der Waals surface area contributed by atoms with E-state index in [4.69, 9.17) is 0 Å². The summed E-state index contributed by atoms with van der Waals surface area (Å²) >= 11 is 1.98. The minimum atomic E-state index is -0.246. The Labute approximate surface area is 164 Å². The highest BCUT2D eigenvalue weighted by Gasteiger charge is 2.36. The Hall–Kier alpha value is -2.78. The van der Waals surface area contributed by atoms with Crippen LogP contribution in [0.4, 0.5) is 0 Å². The molecule has 0 unspecified atom stereocenters. The van der Waals surface area contributed by atoms with Gasteiger partial charge >= 0.3 is 0 Å². The molecule has 0 saturated carbocycles. The van der Waals surface area contributed by atoms with E-state index in [2.05, 4.69) is 101 Å². The summed E-state index contributed by atoms with van der Waals surface area (Å²) < 4.78 is 1.89. The van der Waals surface area contributed by atoms with E-state index >= 15 is 0 Å². The van der Waals surface area contributed by atoms with Gasteiger partial charge in [-0.25, -0.2) is 4.98 Å². The maximum Gasteiger partial charge on any atom is 0.0946 e. The minimum absolute atomic E-state index is 0.246. The largest absolute Gasteiger partial charge is 0.337 e. The molecule has 0 aliphatic rings. The standard InChI is InChI=1S/C24H22N2S/c1-4-10-21(11-5-1)24(22-12-6-2-7-13-22,23-14-8-3-9-15-23)27-19-18-26-17-16-25-20-26/h1-17,20H,18-19H2. The average Bonchev–Trinajstić information content (AvgIpc) is 3.27. The van der Waals surface area contributed by atoms with Gasteiger partial charge in [0.2, 0.25) is 0 Å². The predicted molar refractivity (Wildman–Crippen MR) is 114 cm³/mol. The second kappa shape index (κ2) is 8.28. The van der Waals surface area contributed by atoms with E-state index in [1.807, 2.05) is 30.5 Å². The highest BCUT2D eigenvalue weighted by molar-refractivity contribution is 8.00. The van der Waals surface area contributed by atoms with Gasteiger partial charge in [0, 0.05) is 24.7 Å². The van der Waals surface area contributed by atoms with Gasteiger partial charge in [-0.2, -0.15) is 0 Å². The Bertz CT molecular complexity index is 839. The van der Waals surface area contributed by atoms with Crippen LogP contribution in [0, 0.1) is 0 Å². The zero-order valence-electron chi connectivity index (χ0n) is 15.1. The van der Waals surface area contributed by atoms with Crippen molar-refractivity contribution < 1.29 is 0 Å². The molecule has 3 heteroatoms. The maximum atomic E-state index is 4.17. The fraction of sp³-hybridized carbons (Fsp3) is 0.125. The molecule has 0 aliphatic carbocycles. The number of aryl methyl sites for hydroxylation is 1. The van der Waals surface area contributed by atoms with Crippen LogP contribution in [-0.2, 0) is 11.3 Å². The molecule has 0 spiro atoms. The van der Waals surface area contributed by atoms with Crippen LogP contribution in [-0.4, -0.2) is 15.3 Å². The van der Waals surface area contributed by atoms with E-state index in [0.29, 0.717) is 0 Å².